The number of carboxylic acid groups (broad SMARTS) is 1. The van der Waals surface area contributed by atoms with Crippen molar-refractivity contribution >= 4 is 28.2 Å². The largest absolute Gasteiger partial charge is 0.476 e. The van der Waals surface area contributed by atoms with Crippen molar-refractivity contribution in [1.29, 1.82) is 0 Å². The standard InChI is InChI=1S/C14H21N3O3S/c1-9(18)11-10(12(19)20)16-13(21-11)15-8-14(17(2)3)6-4-5-7-14/h4-8H2,1-3H3,(H,15,16)(H,19,20). The fraction of sp³-hybridized carbons (Fsp3) is 0.643. The highest BCUT2D eigenvalue weighted by molar-refractivity contribution is 7.17. The summed E-state index contributed by atoms with van der Waals surface area (Å²) in [5.41, 5.74) is -0.0637. The Morgan fingerprint density at radius 3 is 2.43 bits per heavy atom. The third-order valence-corrected chi connectivity index (χ3v) is 5.32. The number of carbonyl (C=O) groups is 2. The van der Waals surface area contributed by atoms with E-state index < -0.39 is 5.97 Å². The van der Waals surface area contributed by atoms with E-state index >= 15 is 0 Å². The van der Waals surface area contributed by atoms with Crippen LogP contribution in [0.3, 0.4) is 0 Å². The number of nitrogens with zero attached hydrogens (tertiary/aromatic N) is 2. The zero-order chi connectivity index (χ0) is 15.6. The van der Waals surface area contributed by atoms with E-state index in [1.807, 2.05) is 0 Å². The lowest BCUT2D eigenvalue weighted by Gasteiger charge is -2.36. The molecule has 0 aromatic carbocycles. The number of Topliss-reactive ketones (excluding diaryl/α,β-unsaturated/α-hetero) is 1. The van der Waals surface area contributed by atoms with Gasteiger partial charge in [-0.05, 0) is 26.9 Å². The van der Waals surface area contributed by atoms with Gasteiger partial charge in [-0.3, -0.25) is 4.79 Å². The highest BCUT2D eigenvalue weighted by Crippen LogP contribution is 2.34. The minimum Gasteiger partial charge on any atom is -0.476 e. The first-order valence-corrected chi connectivity index (χ1v) is 7.84. The van der Waals surface area contributed by atoms with Crippen molar-refractivity contribution in [2.24, 2.45) is 0 Å². The van der Waals surface area contributed by atoms with Crippen LogP contribution in [0, 0.1) is 0 Å². The highest BCUT2D eigenvalue weighted by Gasteiger charge is 2.36. The van der Waals surface area contributed by atoms with Gasteiger partial charge in [-0.25, -0.2) is 9.78 Å². The van der Waals surface area contributed by atoms with Crippen molar-refractivity contribution in [3.05, 3.63) is 10.6 Å². The molecule has 2 N–H and O–H groups in total. The predicted octanol–water partition coefficient (Wildman–Crippen LogP) is 2.33. The molecule has 0 bridgehead atoms. The first kappa shape index (κ1) is 15.9. The summed E-state index contributed by atoms with van der Waals surface area (Å²) in [6.07, 6.45) is 4.64. The molecule has 0 spiro atoms. The van der Waals surface area contributed by atoms with Crippen molar-refractivity contribution in [1.82, 2.24) is 9.88 Å². The molecule has 1 aromatic heterocycles. The van der Waals surface area contributed by atoms with Gasteiger partial charge in [0.2, 0.25) is 0 Å². The third-order valence-electron chi connectivity index (χ3n) is 4.20. The summed E-state index contributed by atoms with van der Waals surface area (Å²) in [7, 11) is 4.14. The van der Waals surface area contributed by atoms with E-state index in [1.54, 1.807) is 0 Å². The molecular formula is C14H21N3O3S. The monoisotopic (exact) mass is 311 g/mol. The predicted molar refractivity (Wildman–Crippen MR) is 82.5 cm³/mol. The number of carboxylic acids is 1. The second-order valence-electron chi connectivity index (χ2n) is 5.74. The maximum absolute atomic E-state index is 11.5. The van der Waals surface area contributed by atoms with Gasteiger partial charge < -0.3 is 15.3 Å². The number of rotatable bonds is 6. The number of ketones is 1. The van der Waals surface area contributed by atoms with E-state index in [0.717, 1.165) is 24.2 Å². The van der Waals surface area contributed by atoms with Gasteiger partial charge in [0.1, 0.15) is 4.88 Å². The molecular weight excluding hydrogens is 290 g/mol. The highest BCUT2D eigenvalue weighted by atomic mass is 32.1. The summed E-state index contributed by atoms with van der Waals surface area (Å²) in [6, 6.07) is 0. The number of nitrogens with one attached hydrogen (secondary N) is 1. The summed E-state index contributed by atoms with van der Waals surface area (Å²) in [4.78, 5) is 29.1. The molecule has 0 amide bonds. The van der Waals surface area contributed by atoms with Crippen molar-refractivity contribution in [3.8, 4) is 0 Å². The quantitative estimate of drug-likeness (QED) is 0.785. The van der Waals surface area contributed by atoms with Crippen LogP contribution in [0.1, 0.15) is 52.8 Å². The second kappa shape index (κ2) is 6.11. The lowest BCUT2D eigenvalue weighted by molar-refractivity contribution is 0.0687. The van der Waals surface area contributed by atoms with Gasteiger partial charge in [0, 0.05) is 19.0 Å². The summed E-state index contributed by atoms with van der Waals surface area (Å²) in [5.74, 6) is -1.42. The van der Waals surface area contributed by atoms with Crippen LogP contribution in [0.2, 0.25) is 0 Å². The Bertz CT molecular complexity index is 516. The molecule has 6 nitrogen and oxygen atoms in total. The molecule has 2 rings (SSSR count). The second-order valence-corrected chi connectivity index (χ2v) is 6.74. The van der Waals surface area contributed by atoms with Crippen molar-refractivity contribution in [3.63, 3.8) is 0 Å². The molecule has 21 heavy (non-hydrogen) atoms. The summed E-state index contributed by atoms with van der Waals surface area (Å²) in [5, 5.41) is 12.8. The molecule has 0 radical (unpaired) electrons. The van der Waals surface area contributed by atoms with Crippen LogP contribution in [-0.2, 0) is 0 Å². The normalized spacial score (nSPS) is 17.1. The zero-order valence-electron chi connectivity index (χ0n) is 12.6. The fourth-order valence-electron chi connectivity index (χ4n) is 2.83. The van der Waals surface area contributed by atoms with Crippen LogP contribution < -0.4 is 5.32 Å². The van der Waals surface area contributed by atoms with Crippen LogP contribution in [0.25, 0.3) is 0 Å². The zero-order valence-corrected chi connectivity index (χ0v) is 13.4. The number of aromatic carboxylic acids is 1. The maximum Gasteiger partial charge on any atom is 0.356 e. The van der Waals surface area contributed by atoms with Crippen LogP contribution >= 0.6 is 11.3 Å². The number of thiazole rings is 1. The molecule has 0 saturated heterocycles. The summed E-state index contributed by atoms with van der Waals surface area (Å²) < 4.78 is 0. The van der Waals surface area contributed by atoms with Crippen molar-refractivity contribution in [2.45, 2.75) is 38.1 Å². The Balaban J connectivity index is 2.15. The number of hydrogen-bond acceptors (Lipinski definition) is 6. The van der Waals surface area contributed by atoms with Gasteiger partial charge in [0.25, 0.3) is 0 Å². The Kier molecular flexibility index (Phi) is 4.63. The maximum atomic E-state index is 11.5. The van der Waals surface area contributed by atoms with E-state index in [4.69, 9.17) is 5.11 Å². The molecule has 1 aromatic rings. The minimum atomic E-state index is -1.16. The van der Waals surface area contributed by atoms with E-state index in [0.29, 0.717) is 11.7 Å². The molecule has 0 aliphatic heterocycles. The van der Waals surface area contributed by atoms with Gasteiger partial charge >= 0.3 is 5.97 Å². The van der Waals surface area contributed by atoms with Crippen LogP contribution in [0.15, 0.2) is 0 Å². The average molecular weight is 311 g/mol. The Hall–Kier alpha value is -1.47. The molecule has 1 saturated carbocycles. The molecule has 1 fully saturated rings. The SMILES string of the molecule is CC(=O)c1sc(NCC2(N(C)C)CCCC2)nc1C(=O)O. The van der Waals surface area contributed by atoms with Gasteiger partial charge in [-0.1, -0.05) is 24.2 Å². The third kappa shape index (κ3) is 3.24. The number of anilines is 1. The fourth-order valence-corrected chi connectivity index (χ4v) is 3.68. The Morgan fingerprint density at radius 1 is 1.38 bits per heavy atom. The summed E-state index contributed by atoms with van der Waals surface area (Å²) >= 11 is 1.12. The average Bonchev–Trinajstić information content (AvgIpc) is 3.04. The molecule has 7 heteroatoms. The van der Waals surface area contributed by atoms with Crippen LogP contribution in [-0.4, -0.2) is 52.9 Å². The molecule has 116 valence electrons. The number of likely N-dealkylation sites (N-methyl/N-ethyl adjacent to an activating group) is 1. The number of carbonyl (C=O) groups excluding carboxylic acids is 1. The van der Waals surface area contributed by atoms with E-state index in [2.05, 4.69) is 29.3 Å². The van der Waals surface area contributed by atoms with Gasteiger partial charge in [-0.15, -0.1) is 0 Å². The lowest BCUT2D eigenvalue weighted by atomic mass is 9.96. The van der Waals surface area contributed by atoms with Crippen molar-refractivity contribution < 1.29 is 14.7 Å². The Labute approximate surface area is 128 Å². The van der Waals surface area contributed by atoms with Gasteiger partial charge in [-0.2, -0.15) is 0 Å². The lowest BCUT2D eigenvalue weighted by Crippen LogP contribution is -2.47. The molecule has 1 aliphatic carbocycles. The molecule has 0 atom stereocenters. The van der Waals surface area contributed by atoms with Gasteiger partial charge in [0.15, 0.2) is 16.6 Å². The smallest absolute Gasteiger partial charge is 0.356 e. The topological polar surface area (TPSA) is 82.5 Å². The van der Waals surface area contributed by atoms with Crippen molar-refractivity contribution in [2.75, 3.05) is 26.0 Å². The molecule has 0 unspecified atom stereocenters. The van der Waals surface area contributed by atoms with E-state index in [-0.39, 0.29) is 21.9 Å². The van der Waals surface area contributed by atoms with E-state index in [1.165, 1.54) is 19.8 Å². The molecule has 1 heterocycles. The van der Waals surface area contributed by atoms with Gasteiger partial charge in [0.05, 0.1) is 0 Å². The Morgan fingerprint density at radius 2 is 2.00 bits per heavy atom. The summed E-state index contributed by atoms with van der Waals surface area (Å²) in [6.45, 7) is 2.08. The van der Waals surface area contributed by atoms with Crippen LogP contribution in [0.5, 0.6) is 0 Å². The van der Waals surface area contributed by atoms with Crippen LogP contribution in [0.4, 0.5) is 5.13 Å². The minimum absolute atomic E-state index is 0.0887. The first-order valence-electron chi connectivity index (χ1n) is 7.02. The number of aromatic nitrogens is 1. The first-order chi connectivity index (χ1) is 9.85. The molecule has 1 aliphatic rings. The number of hydrogen-bond donors (Lipinski definition) is 2. The van der Waals surface area contributed by atoms with E-state index in [9.17, 15) is 9.59 Å².